The van der Waals surface area contributed by atoms with Crippen molar-refractivity contribution in [3.8, 4) is 5.75 Å². The maximum atomic E-state index is 5.38. The first-order valence-electron chi connectivity index (χ1n) is 4.28. The predicted molar refractivity (Wildman–Crippen MR) is 49.6 cm³/mol. The lowest BCUT2D eigenvalue weighted by molar-refractivity contribution is 0.372. The maximum Gasteiger partial charge on any atom is 0.159 e. The highest BCUT2D eigenvalue weighted by atomic mass is 16.5. The second-order valence-corrected chi connectivity index (χ2v) is 3.34. The Balaban J connectivity index is 2.49. The lowest BCUT2D eigenvalue weighted by Gasteiger charge is -2.09. The summed E-state index contributed by atoms with van der Waals surface area (Å²) in [5.74, 6) is 1.54. The van der Waals surface area contributed by atoms with E-state index in [0.29, 0.717) is 12.6 Å². The van der Waals surface area contributed by atoms with Crippen molar-refractivity contribution in [2.75, 3.05) is 12.0 Å². The van der Waals surface area contributed by atoms with Gasteiger partial charge in [0.25, 0.3) is 0 Å². The number of hydrogen-bond donors (Lipinski definition) is 1. The molecule has 1 heterocycles. The van der Waals surface area contributed by atoms with Crippen LogP contribution in [0.5, 0.6) is 5.75 Å². The van der Waals surface area contributed by atoms with Gasteiger partial charge in [0.2, 0.25) is 0 Å². The molecule has 0 aliphatic carbocycles. The fourth-order valence-electron chi connectivity index (χ4n) is 1.52. The first-order chi connectivity index (χ1) is 5.79. The van der Waals surface area contributed by atoms with Crippen LogP contribution in [0, 0.1) is 0 Å². The number of nitrogens with one attached hydrogen (secondary N) is 1. The van der Waals surface area contributed by atoms with E-state index < -0.39 is 0 Å². The number of anilines is 1. The molecular weight excluding hydrogens is 150 g/mol. The number of para-hydroxylation sites is 1. The molecule has 0 atom stereocenters. The second kappa shape index (κ2) is 2.70. The molecule has 0 unspecified atom stereocenters. The largest absolute Gasteiger partial charge is 0.471 e. The van der Waals surface area contributed by atoms with Crippen LogP contribution in [-0.2, 0) is 0 Å². The van der Waals surface area contributed by atoms with Gasteiger partial charge in [-0.25, -0.2) is 0 Å². The van der Waals surface area contributed by atoms with Gasteiger partial charge < -0.3 is 10.1 Å². The summed E-state index contributed by atoms with van der Waals surface area (Å²) in [6, 6.07) is 6.19. The van der Waals surface area contributed by atoms with Gasteiger partial charge in [0.1, 0.15) is 5.75 Å². The minimum Gasteiger partial charge on any atom is -0.471 e. The normalized spacial score (nSPS) is 13.9. The topological polar surface area (TPSA) is 21.3 Å². The minimum atomic E-state index is 0.550. The summed E-state index contributed by atoms with van der Waals surface area (Å²) in [5, 5.41) is 3.23. The van der Waals surface area contributed by atoms with E-state index in [-0.39, 0.29) is 0 Å². The second-order valence-electron chi connectivity index (χ2n) is 3.34. The van der Waals surface area contributed by atoms with Gasteiger partial charge in [-0.2, -0.15) is 0 Å². The van der Waals surface area contributed by atoms with E-state index >= 15 is 0 Å². The number of fused-ring (bicyclic) bond motifs is 1. The zero-order chi connectivity index (χ0) is 8.55. The third kappa shape index (κ3) is 1.04. The van der Waals surface area contributed by atoms with E-state index in [4.69, 9.17) is 4.74 Å². The van der Waals surface area contributed by atoms with Gasteiger partial charge in [-0.1, -0.05) is 26.0 Å². The molecule has 1 N–H and O–H groups in total. The Bertz CT molecular complexity index is 294. The van der Waals surface area contributed by atoms with E-state index in [2.05, 4.69) is 25.2 Å². The van der Waals surface area contributed by atoms with Crippen molar-refractivity contribution in [1.82, 2.24) is 0 Å². The fourth-order valence-corrected chi connectivity index (χ4v) is 1.52. The zero-order valence-electron chi connectivity index (χ0n) is 7.42. The molecular formula is C10H13NO. The monoisotopic (exact) mass is 163 g/mol. The Hall–Kier alpha value is -1.18. The van der Waals surface area contributed by atoms with Gasteiger partial charge in [-0.05, 0) is 17.5 Å². The molecule has 0 bridgehead atoms. The van der Waals surface area contributed by atoms with Crippen molar-refractivity contribution in [3.63, 3.8) is 0 Å². The van der Waals surface area contributed by atoms with Gasteiger partial charge >= 0.3 is 0 Å². The Morgan fingerprint density at radius 3 is 3.00 bits per heavy atom. The van der Waals surface area contributed by atoms with Crippen LogP contribution in [0.2, 0.25) is 0 Å². The van der Waals surface area contributed by atoms with Crippen LogP contribution >= 0.6 is 0 Å². The average molecular weight is 163 g/mol. The van der Waals surface area contributed by atoms with E-state index in [1.807, 2.05) is 12.1 Å². The van der Waals surface area contributed by atoms with E-state index in [9.17, 15) is 0 Å². The summed E-state index contributed by atoms with van der Waals surface area (Å²) in [4.78, 5) is 0. The molecule has 0 amide bonds. The summed E-state index contributed by atoms with van der Waals surface area (Å²) in [6.45, 7) is 4.99. The van der Waals surface area contributed by atoms with Gasteiger partial charge in [0, 0.05) is 0 Å². The highest BCUT2D eigenvalue weighted by molar-refractivity contribution is 5.65. The molecule has 1 aromatic carbocycles. The van der Waals surface area contributed by atoms with Crippen LogP contribution < -0.4 is 10.1 Å². The summed E-state index contributed by atoms with van der Waals surface area (Å²) in [6.07, 6.45) is 0. The van der Waals surface area contributed by atoms with E-state index in [1.54, 1.807) is 0 Å². The molecule has 1 aromatic rings. The SMILES string of the molecule is CC(C)c1cccc2c1NCO2. The quantitative estimate of drug-likeness (QED) is 0.687. The molecule has 0 saturated carbocycles. The Kier molecular flexibility index (Phi) is 1.68. The zero-order valence-corrected chi connectivity index (χ0v) is 7.42. The lowest BCUT2D eigenvalue weighted by atomic mass is 10.0. The standard InChI is InChI=1S/C10H13NO/c1-7(2)8-4-3-5-9-10(8)11-6-12-9/h3-5,7,11H,6H2,1-2H3. The third-order valence-corrected chi connectivity index (χ3v) is 2.16. The smallest absolute Gasteiger partial charge is 0.159 e. The molecule has 1 aliphatic rings. The van der Waals surface area contributed by atoms with Crippen LogP contribution in [0.3, 0.4) is 0 Å². The van der Waals surface area contributed by atoms with Crippen molar-refractivity contribution >= 4 is 5.69 Å². The number of benzene rings is 1. The third-order valence-electron chi connectivity index (χ3n) is 2.16. The van der Waals surface area contributed by atoms with Crippen LogP contribution in [0.15, 0.2) is 18.2 Å². The summed E-state index contributed by atoms with van der Waals surface area (Å²) in [5.41, 5.74) is 2.51. The Labute approximate surface area is 72.5 Å². The number of rotatable bonds is 1. The van der Waals surface area contributed by atoms with Crippen LogP contribution in [0.4, 0.5) is 5.69 Å². The van der Waals surface area contributed by atoms with Gasteiger partial charge in [-0.15, -0.1) is 0 Å². The minimum absolute atomic E-state index is 0.550. The molecule has 1 aliphatic heterocycles. The molecule has 2 heteroatoms. The molecule has 0 spiro atoms. The van der Waals surface area contributed by atoms with Gasteiger partial charge in [0.15, 0.2) is 6.73 Å². The Morgan fingerprint density at radius 1 is 1.42 bits per heavy atom. The molecule has 2 nitrogen and oxygen atoms in total. The highest BCUT2D eigenvalue weighted by Crippen LogP contribution is 2.35. The molecule has 64 valence electrons. The van der Waals surface area contributed by atoms with Crippen LogP contribution in [0.1, 0.15) is 25.3 Å². The van der Waals surface area contributed by atoms with Gasteiger partial charge in [-0.3, -0.25) is 0 Å². The number of ether oxygens (including phenoxy) is 1. The van der Waals surface area contributed by atoms with E-state index in [0.717, 1.165) is 5.75 Å². The highest BCUT2D eigenvalue weighted by Gasteiger charge is 2.15. The van der Waals surface area contributed by atoms with E-state index in [1.165, 1.54) is 11.3 Å². The predicted octanol–water partition coefficient (Wildman–Crippen LogP) is 2.57. The molecule has 0 saturated heterocycles. The van der Waals surface area contributed by atoms with Crippen LogP contribution in [0.25, 0.3) is 0 Å². The molecule has 0 radical (unpaired) electrons. The molecule has 0 fully saturated rings. The Morgan fingerprint density at radius 2 is 2.25 bits per heavy atom. The van der Waals surface area contributed by atoms with Crippen molar-refractivity contribution in [2.24, 2.45) is 0 Å². The van der Waals surface area contributed by atoms with Crippen LogP contribution in [-0.4, -0.2) is 6.73 Å². The van der Waals surface area contributed by atoms with Crippen molar-refractivity contribution in [3.05, 3.63) is 23.8 Å². The number of hydrogen-bond acceptors (Lipinski definition) is 2. The summed E-state index contributed by atoms with van der Waals surface area (Å²) < 4.78 is 5.38. The van der Waals surface area contributed by atoms with Gasteiger partial charge in [0.05, 0.1) is 5.69 Å². The first kappa shape index (κ1) is 7.47. The van der Waals surface area contributed by atoms with Crippen molar-refractivity contribution in [1.29, 1.82) is 0 Å². The average Bonchev–Trinajstić information content (AvgIpc) is 2.49. The van der Waals surface area contributed by atoms with Crippen molar-refractivity contribution < 1.29 is 4.74 Å². The van der Waals surface area contributed by atoms with Crippen molar-refractivity contribution in [2.45, 2.75) is 19.8 Å². The fraction of sp³-hybridized carbons (Fsp3) is 0.400. The summed E-state index contributed by atoms with van der Waals surface area (Å²) >= 11 is 0. The molecule has 0 aromatic heterocycles. The molecule has 2 rings (SSSR count). The molecule has 12 heavy (non-hydrogen) atoms. The first-order valence-corrected chi connectivity index (χ1v) is 4.28. The maximum absolute atomic E-state index is 5.38. The lowest BCUT2D eigenvalue weighted by Crippen LogP contribution is -1.98. The summed E-state index contributed by atoms with van der Waals surface area (Å²) in [7, 11) is 0.